The molecule has 20 heavy (non-hydrogen) atoms. The van der Waals surface area contributed by atoms with E-state index in [4.69, 9.17) is 11.6 Å². The molecule has 0 fully saturated rings. The van der Waals surface area contributed by atoms with Gasteiger partial charge in [0.05, 0.1) is 4.92 Å². The molecule has 0 atom stereocenters. The average Bonchev–Trinajstić information content (AvgIpc) is 2.40. The van der Waals surface area contributed by atoms with Gasteiger partial charge < -0.3 is 10.4 Å². The van der Waals surface area contributed by atoms with E-state index >= 15 is 0 Å². The van der Waals surface area contributed by atoms with Crippen LogP contribution in [0.25, 0.3) is 0 Å². The Kier molecular flexibility index (Phi) is 4.05. The number of aromatic hydroxyl groups is 1. The molecule has 0 unspecified atom stereocenters. The fraction of sp³-hybridized carbons (Fsp3) is 0.0769. The van der Waals surface area contributed by atoms with Gasteiger partial charge in [-0.25, -0.2) is 4.39 Å². The molecule has 0 aliphatic heterocycles. The number of nitrogens with one attached hydrogen (secondary N) is 1. The van der Waals surface area contributed by atoms with Gasteiger partial charge in [-0.2, -0.15) is 0 Å². The van der Waals surface area contributed by atoms with Crippen LogP contribution in [-0.4, -0.2) is 10.0 Å². The molecule has 0 aliphatic carbocycles. The summed E-state index contributed by atoms with van der Waals surface area (Å²) in [6.07, 6.45) is 0. The molecule has 5 nitrogen and oxygen atoms in total. The molecule has 2 N–H and O–H groups in total. The van der Waals surface area contributed by atoms with E-state index in [0.717, 1.165) is 12.1 Å². The van der Waals surface area contributed by atoms with Crippen molar-refractivity contribution in [3.63, 3.8) is 0 Å². The van der Waals surface area contributed by atoms with Gasteiger partial charge in [0.15, 0.2) is 0 Å². The Labute approximate surface area is 118 Å². The minimum atomic E-state index is -0.570. The minimum Gasteiger partial charge on any atom is -0.508 e. The Morgan fingerprint density at radius 1 is 1.30 bits per heavy atom. The molecule has 0 saturated heterocycles. The summed E-state index contributed by atoms with van der Waals surface area (Å²) in [6, 6.07) is 7.69. The summed E-state index contributed by atoms with van der Waals surface area (Å²) in [6.45, 7) is 0.0477. The number of halogens is 2. The average molecular weight is 297 g/mol. The Morgan fingerprint density at radius 3 is 2.75 bits per heavy atom. The summed E-state index contributed by atoms with van der Waals surface area (Å²) in [5.41, 5.74) is 0.353. The summed E-state index contributed by atoms with van der Waals surface area (Å²) in [4.78, 5) is 10.3. The summed E-state index contributed by atoms with van der Waals surface area (Å²) in [5.74, 6) is -0.583. The molecule has 2 aromatic carbocycles. The highest BCUT2D eigenvalue weighted by atomic mass is 35.5. The fourth-order valence-corrected chi connectivity index (χ4v) is 1.86. The van der Waals surface area contributed by atoms with Gasteiger partial charge in [0, 0.05) is 23.2 Å². The van der Waals surface area contributed by atoms with Gasteiger partial charge in [-0.1, -0.05) is 11.6 Å². The SMILES string of the molecule is O=[N+]([O-])c1cc(Cl)ccc1NCc1cc(F)ccc1O. The van der Waals surface area contributed by atoms with Crippen molar-refractivity contribution in [3.8, 4) is 5.75 Å². The first kappa shape index (κ1) is 14.1. The number of nitro groups is 1. The topological polar surface area (TPSA) is 75.4 Å². The second-order valence-electron chi connectivity index (χ2n) is 4.05. The maximum atomic E-state index is 13.1. The highest BCUT2D eigenvalue weighted by Gasteiger charge is 2.14. The van der Waals surface area contributed by atoms with Gasteiger partial charge in [-0.3, -0.25) is 10.1 Å². The normalized spacial score (nSPS) is 10.3. The van der Waals surface area contributed by atoms with Gasteiger partial charge in [0.1, 0.15) is 17.3 Å². The van der Waals surface area contributed by atoms with Crippen LogP contribution in [-0.2, 0) is 6.54 Å². The van der Waals surface area contributed by atoms with Crippen molar-refractivity contribution in [2.75, 3.05) is 5.32 Å². The molecule has 0 amide bonds. The maximum Gasteiger partial charge on any atom is 0.293 e. The number of nitro benzene ring substituents is 1. The van der Waals surface area contributed by atoms with Crippen LogP contribution in [0.5, 0.6) is 5.75 Å². The number of nitrogens with zero attached hydrogens (tertiary/aromatic N) is 1. The molecule has 7 heteroatoms. The number of phenols is 1. The predicted octanol–water partition coefficient (Wildman–Crippen LogP) is 3.71. The van der Waals surface area contributed by atoms with Crippen LogP contribution in [0.4, 0.5) is 15.8 Å². The Balaban J connectivity index is 2.23. The Morgan fingerprint density at radius 2 is 2.05 bits per heavy atom. The Bertz CT molecular complexity index is 664. The first-order valence-electron chi connectivity index (χ1n) is 5.62. The molecule has 0 heterocycles. The summed E-state index contributed by atoms with van der Waals surface area (Å²) in [5, 5.41) is 23.5. The third-order valence-electron chi connectivity index (χ3n) is 2.67. The van der Waals surface area contributed by atoms with Crippen molar-refractivity contribution in [2.24, 2.45) is 0 Å². The molecule has 0 aromatic heterocycles. The van der Waals surface area contributed by atoms with Crippen LogP contribution in [0.1, 0.15) is 5.56 Å². The minimum absolute atomic E-state index is 0.0477. The van der Waals surface area contributed by atoms with E-state index in [1.165, 1.54) is 24.3 Å². The van der Waals surface area contributed by atoms with Gasteiger partial charge in [-0.05, 0) is 30.3 Å². The van der Waals surface area contributed by atoms with Crippen molar-refractivity contribution >= 4 is 23.0 Å². The maximum absolute atomic E-state index is 13.1. The zero-order valence-electron chi connectivity index (χ0n) is 10.1. The summed E-state index contributed by atoms with van der Waals surface area (Å²) >= 11 is 5.70. The molecule has 0 radical (unpaired) electrons. The van der Waals surface area contributed by atoms with Gasteiger partial charge in [0.2, 0.25) is 0 Å². The van der Waals surface area contributed by atoms with Crippen LogP contribution in [0.2, 0.25) is 5.02 Å². The van der Waals surface area contributed by atoms with E-state index in [-0.39, 0.29) is 28.7 Å². The Hall–Kier alpha value is -2.34. The molecular formula is C13H10ClFN2O3. The van der Waals surface area contributed by atoms with Gasteiger partial charge in [-0.15, -0.1) is 0 Å². The molecule has 104 valence electrons. The molecule has 0 bridgehead atoms. The third kappa shape index (κ3) is 3.16. The third-order valence-corrected chi connectivity index (χ3v) is 2.90. The van der Waals surface area contributed by atoms with Crippen LogP contribution in [0, 0.1) is 15.9 Å². The molecule has 0 spiro atoms. The number of rotatable bonds is 4. The van der Waals surface area contributed by atoms with Crippen LogP contribution in [0.3, 0.4) is 0 Å². The van der Waals surface area contributed by atoms with Crippen LogP contribution < -0.4 is 5.32 Å². The molecule has 0 aliphatic rings. The smallest absolute Gasteiger partial charge is 0.293 e. The van der Waals surface area contributed by atoms with Crippen LogP contribution in [0.15, 0.2) is 36.4 Å². The second kappa shape index (κ2) is 5.75. The zero-order valence-corrected chi connectivity index (χ0v) is 10.9. The highest BCUT2D eigenvalue weighted by Crippen LogP contribution is 2.29. The lowest BCUT2D eigenvalue weighted by atomic mass is 10.2. The van der Waals surface area contributed by atoms with Gasteiger partial charge >= 0.3 is 0 Å². The molecule has 2 aromatic rings. The van der Waals surface area contributed by atoms with E-state index in [9.17, 15) is 19.6 Å². The van der Waals surface area contributed by atoms with Crippen molar-refractivity contribution in [2.45, 2.75) is 6.54 Å². The quantitative estimate of drug-likeness (QED) is 0.666. The lowest BCUT2D eigenvalue weighted by molar-refractivity contribution is -0.383. The van der Waals surface area contributed by atoms with E-state index in [1.807, 2.05) is 0 Å². The van der Waals surface area contributed by atoms with E-state index in [2.05, 4.69) is 5.32 Å². The van der Waals surface area contributed by atoms with Crippen molar-refractivity contribution in [1.82, 2.24) is 0 Å². The number of phenolic OH excluding ortho intramolecular Hbond substituents is 1. The standard InChI is InChI=1S/C13H10ClFN2O3/c14-9-1-3-11(12(6-9)17(19)20)16-7-8-5-10(15)2-4-13(8)18/h1-6,16,18H,7H2. The predicted molar refractivity (Wildman–Crippen MR) is 73.5 cm³/mol. The summed E-state index contributed by atoms with van der Waals surface area (Å²) in [7, 11) is 0. The second-order valence-corrected chi connectivity index (χ2v) is 4.48. The summed E-state index contributed by atoms with van der Waals surface area (Å²) < 4.78 is 13.1. The monoisotopic (exact) mass is 296 g/mol. The number of anilines is 1. The first-order valence-corrected chi connectivity index (χ1v) is 6.00. The zero-order chi connectivity index (χ0) is 14.7. The van der Waals surface area contributed by atoms with E-state index in [1.54, 1.807) is 0 Å². The van der Waals surface area contributed by atoms with Gasteiger partial charge in [0.25, 0.3) is 5.69 Å². The van der Waals surface area contributed by atoms with E-state index < -0.39 is 10.7 Å². The van der Waals surface area contributed by atoms with E-state index in [0.29, 0.717) is 5.56 Å². The lowest BCUT2D eigenvalue weighted by Gasteiger charge is -2.09. The first-order chi connectivity index (χ1) is 9.47. The van der Waals surface area contributed by atoms with Crippen molar-refractivity contribution < 1.29 is 14.4 Å². The molecular weight excluding hydrogens is 287 g/mol. The van der Waals surface area contributed by atoms with Crippen LogP contribution >= 0.6 is 11.6 Å². The largest absolute Gasteiger partial charge is 0.508 e. The van der Waals surface area contributed by atoms with Crippen molar-refractivity contribution in [3.05, 3.63) is 62.9 Å². The van der Waals surface area contributed by atoms with Crippen molar-refractivity contribution in [1.29, 1.82) is 0 Å². The highest BCUT2D eigenvalue weighted by molar-refractivity contribution is 6.30. The molecule has 0 saturated carbocycles. The lowest BCUT2D eigenvalue weighted by Crippen LogP contribution is -2.03. The number of hydrogen-bond acceptors (Lipinski definition) is 4. The fourth-order valence-electron chi connectivity index (χ4n) is 1.69. The number of hydrogen-bond donors (Lipinski definition) is 2. The number of benzene rings is 2. The molecule has 2 rings (SSSR count).